The second-order valence-electron chi connectivity index (χ2n) is 4.69. The van der Waals surface area contributed by atoms with E-state index in [1.165, 1.54) is 24.7 Å². The summed E-state index contributed by atoms with van der Waals surface area (Å²) in [7, 11) is 1.70. The van der Waals surface area contributed by atoms with Crippen LogP contribution in [-0.2, 0) is 18.3 Å². The van der Waals surface area contributed by atoms with Crippen LogP contribution in [0.3, 0.4) is 0 Å². The molecule has 1 amide bonds. The van der Waals surface area contributed by atoms with Crippen LogP contribution in [-0.4, -0.2) is 31.8 Å². The minimum absolute atomic E-state index is 0.109. The molecule has 0 fully saturated rings. The van der Waals surface area contributed by atoms with Crippen LogP contribution < -0.4 is 5.32 Å². The largest absolute Gasteiger partial charge is 0.412 e. The van der Waals surface area contributed by atoms with Crippen molar-refractivity contribution in [1.29, 1.82) is 0 Å². The van der Waals surface area contributed by atoms with E-state index >= 15 is 0 Å². The highest BCUT2D eigenvalue weighted by Gasteiger charge is 2.41. The van der Waals surface area contributed by atoms with Gasteiger partial charge in [-0.05, 0) is 6.07 Å². The Labute approximate surface area is 124 Å². The molecular weight excluding hydrogens is 299 g/mol. The number of carbonyl (C=O) groups is 1. The van der Waals surface area contributed by atoms with Crippen molar-refractivity contribution < 1.29 is 18.0 Å². The number of nitrogens with zero attached hydrogens (tertiary/aromatic N) is 4. The predicted molar refractivity (Wildman–Crippen MR) is 70.5 cm³/mol. The van der Waals surface area contributed by atoms with E-state index in [0.717, 1.165) is 6.20 Å². The van der Waals surface area contributed by atoms with Gasteiger partial charge in [0.15, 0.2) is 6.04 Å². The van der Waals surface area contributed by atoms with Gasteiger partial charge in [0.05, 0.1) is 0 Å². The third kappa shape index (κ3) is 4.03. The third-order valence-corrected chi connectivity index (χ3v) is 3.03. The third-order valence-electron chi connectivity index (χ3n) is 3.03. The summed E-state index contributed by atoms with van der Waals surface area (Å²) in [6, 6.07) is 0.585. The molecule has 0 aromatic carbocycles. The van der Waals surface area contributed by atoms with E-state index in [2.05, 4.69) is 15.2 Å². The van der Waals surface area contributed by atoms with Gasteiger partial charge >= 0.3 is 6.18 Å². The number of aryl methyl sites for hydroxylation is 2. The molecule has 22 heavy (non-hydrogen) atoms. The van der Waals surface area contributed by atoms with Gasteiger partial charge < -0.3 is 9.88 Å². The summed E-state index contributed by atoms with van der Waals surface area (Å²) in [5.74, 6) is -0.186. The van der Waals surface area contributed by atoms with Gasteiger partial charge in [0.2, 0.25) is 5.91 Å². The van der Waals surface area contributed by atoms with E-state index < -0.39 is 18.1 Å². The van der Waals surface area contributed by atoms with Gasteiger partial charge in [0.1, 0.15) is 12.2 Å². The smallest absolute Gasteiger partial charge is 0.341 e. The van der Waals surface area contributed by atoms with Crippen LogP contribution in [0.25, 0.3) is 0 Å². The molecule has 9 heteroatoms. The normalized spacial score (nSPS) is 12.9. The second kappa shape index (κ2) is 6.54. The van der Waals surface area contributed by atoms with Crippen LogP contribution in [0, 0.1) is 0 Å². The molecule has 6 nitrogen and oxygen atoms in total. The van der Waals surface area contributed by atoms with Crippen LogP contribution in [0.2, 0.25) is 0 Å². The zero-order chi connectivity index (χ0) is 16.2. The SMILES string of the molecule is Cn1cnnc1CCC(=O)N[C@@H](c1cccnc1)C(F)(F)F. The van der Waals surface area contributed by atoms with Crippen molar-refractivity contribution in [3.8, 4) is 0 Å². The fraction of sp³-hybridized carbons (Fsp3) is 0.385. The van der Waals surface area contributed by atoms with E-state index in [9.17, 15) is 18.0 Å². The first-order chi connectivity index (χ1) is 10.4. The molecule has 1 atom stereocenters. The first-order valence-electron chi connectivity index (χ1n) is 6.47. The highest BCUT2D eigenvalue weighted by Crippen LogP contribution is 2.32. The number of hydrogen-bond acceptors (Lipinski definition) is 4. The van der Waals surface area contributed by atoms with Crippen molar-refractivity contribution in [3.05, 3.63) is 42.2 Å². The quantitative estimate of drug-likeness (QED) is 0.909. The topological polar surface area (TPSA) is 72.7 Å². The van der Waals surface area contributed by atoms with E-state index in [-0.39, 0.29) is 18.4 Å². The molecule has 0 spiro atoms. The molecule has 2 heterocycles. The van der Waals surface area contributed by atoms with Gasteiger partial charge in [-0.1, -0.05) is 6.07 Å². The highest BCUT2D eigenvalue weighted by atomic mass is 19.4. The Hall–Kier alpha value is -2.45. The van der Waals surface area contributed by atoms with Crippen molar-refractivity contribution in [2.75, 3.05) is 0 Å². The molecule has 0 saturated heterocycles. The number of pyridine rings is 1. The first-order valence-corrected chi connectivity index (χ1v) is 6.47. The Bertz CT molecular complexity index is 626. The summed E-state index contributed by atoms with van der Waals surface area (Å²) >= 11 is 0. The second-order valence-corrected chi connectivity index (χ2v) is 4.69. The van der Waals surface area contributed by atoms with Crippen molar-refractivity contribution in [2.24, 2.45) is 7.05 Å². The molecule has 0 aliphatic rings. The molecule has 0 bridgehead atoms. The maximum absolute atomic E-state index is 13.1. The Morgan fingerprint density at radius 2 is 2.23 bits per heavy atom. The summed E-state index contributed by atoms with van der Waals surface area (Å²) in [4.78, 5) is 15.4. The van der Waals surface area contributed by atoms with Gasteiger partial charge in [0.25, 0.3) is 0 Å². The zero-order valence-electron chi connectivity index (χ0n) is 11.7. The summed E-state index contributed by atoms with van der Waals surface area (Å²) in [5, 5.41) is 9.41. The van der Waals surface area contributed by atoms with Crippen LogP contribution in [0.1, 0.15) is 23.9 Å². The van der Waals surface area contributed by atoms with Gasteiger partial charge in [-0.15, -0.1) is 10.2 Å². The van der Waals surface area contributed by atoms with E-state index in [0.29, 0.717) is 5.82 Å². The van der Waals surface area contributed by atoms with E-state index in [1.807, 2.05) is 5.32 Å². The van der Waals surface area contributed by atoms with Crippen LogP contribution in [0.15, 0.2) is 30.9 Å². The molecule has 118 valence electrons. The molecule has 1 N–H and O–H groups in total. The lowest BCUT2D eigenvalue weighted by Crippen LogP contribution is -2.38. The van der Waals surface area contributed by atoms with Crippen molar-refractivity contribution in [2.45, 2.75) is 25.1 Å². The maximum atomic E-state index is 13.1. The Morgan fingerprint density at radius 1 is 1.45 bits per heavy atom. The van der Waals surface area contributed by atoms with E-state index in [1.54, 1.807) is 11.6 Å². The van der Waals surface area contributed by atoms with Crippen molar-refractivity contribution in [3.63, 3.8) is 0 Å². The molecule has 0 saturated carbocycles. The molecule has 0 unspecified atom stereocenters. The Morgan fingerprint density at radius 3 is 2.77 bits per heavy atom. The summed E-state index contributed by atoms with van der Waals surface area (Å²) < 4.78 is 40.8. The maximum Gasteiger partial charge on any atom is 0.412 e. The lowest BCUT2D eigenvalue weighted by Gasteiger charge is -2.21. The number of amides is 1. The fourth-order valence-electron chi connectivity index (χ4n) is 1.89. The minimum atomic E-state index is -4.59. The molecular formula is C13H14F3N5O. The van der Waals surface area contributed by atoms with Crippen molar-refractivity contribution in [1.82, 2.24) is 25.1 Å². The highest BCUT2D eigenvalue weighted by molar-refractivity contribution is 5.76. The number of halogens is 3. The fourth-order valence-corrected chi connectivity index (χ4v) is 1.89. The summed E-state index contributed by atoms with van der Waals surface area (Å²) in [6.45, 7) is 0. The number of hydrogen-bond donors (Lipinski definition) is 1. The Balaban J connectivity index is 2.01. The van der Waals surface area contributed by atoms with Gasteiger partial charge in [-0.2, -0.15) is 13.2 Å². The van der Waals surface area contributed by atoms with Crippen LogP contribution in [0.5, 0.6) is 0 Å². The first kappa shape index (κ1) is 15.9. The minimum Gasteiger partial charge on any atom is -0.341 e. The predicted octanol–water partition coefficient (Wildman–Crippen LogP) is 1.56. The lowest BCUT2D eigenvalue weighted by atomic mass is 10.1. The molecule has 2 aromatic rings. The van der Waals surface area contributed by atoms with Crippen LogP contribution in [0.4, 0.5) is 13.2 Å². The van der Waals surface area contributed by atoms with Gasteiger partial charge in [-0.3, -0.25) is 9.78 Å². The van der Waals surface area contributed by atoms with Gasteiger partial charge in [-0.25, -0.2) is 0 Å². The Kier molecular flexibility index (Phi) is 4.74. The van der Waals surface area contributed by atoms with Gasteiger partial charge in [0, 0.05) is 37.8 Å². The average Bonchev–Trinajstić information content (AvgIpc) is 2.87. The van der Waals surface area contributed by atoms with Crippen molar-refractivity contribution >= 4 is 5.91 Å². The number of alkyl halides is 3. The van der Waals surface area contributed by atoms with Crippen LogP contribution >= 0.6 is 0 Å². The monoisotopic (exact) mass is 313 g/mol. The van der Waals surface area contributed by atoms with E-state index in [4.69, 9.17) is 0 Å². The number of nitrogens with one attached hydrogen (secondary N) is 1. The molecule has 0 radical (unpaired) electrons. The number of aromatic nitrogens is 4. The average molecular weight is 313 g/mol. The molecule has 0 aliphatic heterocycles. The molecule has 0 aliphatic carbocycles. The molecule has 2 aromatic heterocycles. The molecule has 2 rings (SSSR count). The number of rotatable bonds is 5. The summed E-state index contributed by atoms with van der Waals surface area (Å²) in [6.07, 6.45) is -0.585. The standard InChI is InChI=1S/C13H14F3N5O/c1-21-8-18-20-10(21)4-5-11(22)19-12(13(14,15)16)9-3-2-6-17-7-9/h2-3,6-8,12H,4-5H2,1H3,(H,19,22)/t12-/m0/s1. The lowest BCUT2D eigenvalue weighted by molar-refractivity contribution is -0.163. The zero-order valence-corrected chi connectivity index (χ0v) is 11.7. The number of carbonyl (C=O) groups excluding carboxylic acids is 1. The summed E-state index contributed by atoms with van der Waals surface area (Å²) in [5.41, 5.74) is -0.109.